The number of nitro groups is 1. The summed E-state index contributed by atoms with van der Waals surface area (Å²) >= 11 is 5.28. The molecule has 1 heterocycles. The summed E-state index contributed by atoms with van der Waals surface area (Å²) in [6.07, 6.45) is 0. The average Bonchev–Trinajstić information content (AvgIpc) is 3.19. The van der Waals surface area contributed by atoms with Crippen LogP contribution in [0.2, 0.25) is 0 Å². The van der Waals surface area contributed by atoms with Crippen LogP contribution in [0, 0.1) is 30.9 Å². The Morgan fingerprint density at radius 3 is 2.61 bits per heavy atom. The Morgan fingerprint density at radius 2 is 1.85 bits per heavy atom. The van der Waals surface area contributed by atoms with Crippen molar-refractivity contribution in [3.05, 3.63) is 87.0 Å². The van der Waals surface area contributed by atoms with E-state index >= 15 is 0 Å². The summed E-state index contributed by atoms with van der Waals surface area (Å²) in [4.78, 5) is 27.5. The number of thiocarbonyl (C=S) groups is 1. The normalized spacial score (nSPS) is 10.8. The van der Waals surface area contributed by atoms with Crippen molar-refractivity contribution in [2.75, 3.05) is 5.32 Å². The fraction of sp³-hybridized carbons (Fsp3) is 0.125. The number of benzene rings is 3. The van der Waals surface area contributed by atoms with Crippen molar-refractivity contribution >= 4 is 45.7 Å². The van der Waals surface area contributed by atoms with Gasteiger partial charge in [-0.05, 0) is 73.9 Å². The lowest BCUT2D eigenvalue weighted by Gasteiger charge is -2.13. The zero-order valence-electron chi connectivity index (χ0n) is 18.1. The first-order valence-electron chi connectivity index (χ1n) is 10.1. The Hall–Kier alpha value is -4.11. The first-order chi connectivity index (χ1) is 15.7. The fourth-order valence-electron chi connectivity index (χ4n) is 3.58. The highest BCUT2D eigenvalue weighted by Gasteiger charge is 2.16. The number of non-ortho nitro benzene ring substituents is 1. The first kappa shape index (κ1) is 22.1. The molecule has 0 atom stereocenters. The van der Waals surface area contributed by atoms with Gasteiger partial charge in [0, 0.05) is 28.9 Å². The molecule has 2 N–H and O–H groups in total. The molecule has 9 heteroatoms. The summed E-state index contributed by atoms with van der Waals surface area (Å²) in [6, 6.07) is 15.0. The Labute approximate surface area is 194 Å². The third-order valence-corrected chi connectivity index (χ3v) is 5.38. The van der Waals surface area contributed by atoms with Crippen LogP contribution in [0.4, 0.5) is 11.4 Å². The lowest BCUT2D eigenvalue weighted by molar-refractivity contribution is -0.384. The van der Waals surface area contributed by atoms with E-state index in [0.29, 0.717) is 11.6 Å². The van der Waals surface area contributed by atoms with Crippen molar-refractivity contribution in [2.45, 2.75) is 20.8 Å². The minimum atomic E-state index is -0.558. The van der Waals surface area contributed by atoms with Gasteiger partial charge < -0.3 is 9.73 Å². The van der Waals surface area contributed by atoms with Gasteiger partial charge >= 0.3 is 0 Å². The molecule has 8 nitrogen and oxygen atoms in total. The van der Waals surface area contributed by atoms with Gasteiger partial charge in [0.15, 0.2) is 10.7 Å². The summed E-state index contributed by atoms with van der Waals surface area (Å²) in [6.45, 7) is 5.90. The minimum Gasteiger partial charge on any atom is -0.436 e. The predicted octanol–water partition coefficient (Wildman–Crippen LogP) is 5.46. The topological polar surface area (TPSA) is 110 Å². The van der Waals surface area contributed by atoms with Crippen LogP contribution in [0.15, 0.2) is 59.0 Å². The number of nitrogens with one attached hydrogen (secondary N) is 2. The van der Waals surface area contributed by atoms with Gasteiger partial charge in [-0.15, -0.1) is 0 Å². The number of hydrogen-bond acceptors (Lipinski definition) is 6. The van der Waals surface area contributed by atoms with Crippen molar-refractivity contribution in [1.82, 2.24) is 10.3 Å². The number of aromatic nitrogens is 1. The van der Waals surface area contributed by atoms with E-state index < -0.39 is 10.8 Å². The van der Waals surface area contributed by atoms with E-state index in [4.69, 9.17) is 16.6 Å². The third kappa shape index (κ3) is 4.58. The average molecular weight is 461 g/mol. The number of nitro benzene ring substituents is 1. The smallest absolute Gasteiger partial charge is 0.270 e. The molecule has 0 aliphatic heterocycles. The second-order valence-electron chi connectivity index (χ2n) is 7.64. The molecule has 3 aromatic carbocycles. The maximum atomic E-state index is 12.5. The Morgan fingerprint density at radius 1 is 1.09 bits per heavy atom. The van der Waals surface area contributed by atoms with Crippen molar-refractivity contribution in [1.29, 1.82) is 0 Å². The molecule has 0 radical (unpaired) electrons. The van der Waals surface area contributed by atoms with E-state index in [1.54, 1.807) is 0 Å². The van der Waals surface area contributed by atoms with Gasteiger partial charge in [0.2, 0.25) is 5.89 Å². The highest BCUT2D eigenvalue weighted by molar-refractivity contribution is 7.80. The number of oxazole rings is 1. The SMILES string of the molecule is Cc1cc(C)c2oc(-c3cccc(NC(=S)NC(=O)c4cccc([N+](=O)[O-])c4)c3C)nc2c1. The number of rotatable bonds is 4. The lowest BCUT2D eigenvalue weighted by Crippen LogP contribution is -2.34. The number of hydrogen-bond donors (Lipinski definition) is 2. The highest BCUT2D eigenvalue weighted by atomic mass is 32.1. The first-order valence-corrected chi connectivity index (χ1v) is 10.5. The van der Waals surface area contributed by atoms with Crippen LogP contribution in [0.3, 0.4) is 0 Å². The van der Waals surface area contributed by atoms with Crippen LogP contribution in [0.5, 0.6) is 0 Å². The molecule has 0 aliphatic carbocycles. The largest absolute Gasteiger partial charge is 0.436 e. The van der Waals surface area contributed by atoms with Crippen LogP contribution < -0.4 is 10.6 Å². The number of fused-ring (bicyclic) bond motifs is 1. The lowest BCUT2D eigenvalue weighted by atomic mass is 10.1. The summed E-state index contributed by atoms with van der Waals surface area (Å²) in [7, 11) is 0. The van der Waals surface area contributed by atoms with Crippen molar-refractivity contribution in [3.63, 3.8) is 0 Å². The number of anilines is 1. The van der Waals surface area contributed by atoms with Crippen LogP contribution in [-0.4, -0.2) is 20.9 Å². The molecule has 0 bridgehead atoms. The highest BCUT2D eigenvalue weighted by Crippen LogP contribution is 2.32. The van der Waals surface area contributed by atoms with Crippen molar-refractivity contribution in [3.8, 4) is 11.5 Å². The molecule has 4 rings (SSSR count). The molecule has 1 amide bonds. The summed E-state index contributed by atoms with van der Waals surface area (Å²) in [5, 5.41) is 16.6. The quantitative estimate of drug-likeness (QED) is 0.236. The van der Waals surface area contributed by atoms with Crippen molar-refractivity contribution in [2.24, 2.45) is 0 Å². The van der Waals surface area contributed by atoms with Gasteiger partial charge in [0.1, 0.15) is 5.52 Å². The monoisotopic (exact) mass is 460 g/mol. The maximum absolute atomic E-state index is 12.5. The number of carbonyl (C=O) groups excluding carboxylic acids is 1. The minimum absolute atomic E-state index is 0.0655. The Kier molecular flexibility index (Phi) is 5.89. The Bertz CT molecular complexity index is 1430. The number of nitrogens with zero attached hydrogens (tertiary/aromatic N) is 2. The van der Waals surface area contributed by atoms with Crippen LogP contribution in [0.1, 0.15) is 27.0 Å². The molecule has 0 unspecified atom stereocenters. The van der Waals surface area contributed by atoms with Crippen LogP contribution in [0.25, 0.3) is 22.6 Å². The molecule has 0 aliphatic rings. The fourth-order valence-corrected chi connectivity index (χ4v) is 3.79. The third-order valence-electron chi connectivity index (χ3n) is 5.18. The number of aryl methyl sites for hydroxylation is 2. The van der Waals surface area contributed by atoms with Gasteiger partial charge in [0.05, 0.1) is 4.92 Å². The van der Waals surface area contributed by atoms with Gasteiger partial charge in [-0.3, -0.25) is 20.2 Å². The number of amides is 1. The van der Waals surface area contributed by atoms with E-state index in [0.717, 1.165) is 33.4 Å². The van der Waals surface area contributed by atoms with E-state index in [2.05, 4.69) is 15.6 Å². The summed E-state index contributed by atoms with van der Waals surface area (Å²) in [5.41, 5.74) is 5.92. The van der Waals surface area contributed by atoms with Crippen LogP contribution >= 0.6 is 12.2 Å². The molecule has 166 valence electrons. The van der Waals surface area contributed by atoms with Gasteiger partial charge in [-0.25, -0.2) is 4.98 Å². The standard InChI is InChI=1S/C24H20N4O4S/c1-13-10-14(2)21-20(11-13)25-23(32-21)18-8-5-9-19(15(18)3)26-24(33)27-22(29)16-6-4-7-17(12-16)28(30)31/h4-12H,1-3H3,(H2,26,27,29,33). The molecule has 1 aromatic heterocycles. The molecule has 4 aromatic rings. The molecular formula is C24H20N4O4S. The van der Waals surface area contributed by atoms with Gasteiger partial charge in [0.25, 0.3) is 11.6 Å². The molecule has 0 fully saturated rings. The molecule has 0 saturated heterocycles. The Balaban J connectivity index is 1.55. The van der Waals surface area contributed by atoms with Gasteiger partial charge in [-0.1, -0.05) is 18.2 Å². The molecule has 33 heavy (non-hydrogen) atoms. The second kappa shape index (κ2) is 8.79. The maximum Gasteiger partial charge on any atom is 0.270 e. The zero-order chi connectivity index (χ0) is 23.7. The van der Waals surface area contributed by atoms with E-state index in [1.807, 2.05) is 51.1 Å². The van der Waals surface area contributed by atoms with E-state index in [9.17, 15) is 14.9 Å². The predicted molar refractivity (Wildman–Crippen MR) is 130 cm³/mol. The van der Waals surface area contributed by atoms with Crippen LogP contribution in [-0.2, 0) is 0 Å². The number of carbonyl (C=O) groups is 1. The summed E-state index contributed by atoms with van der Waals surface area (Å²) < 4.78 is 6.04. The van der Waals surface area contributed by atoms with E-state index in [1.165, 1.54) is 24.3 Å². The molecule has 0 spiro atoms. The van der Waals surface area contributed by atoms with Gasteiger partial charge in [-0.2, -0.15) is 0 Å². The van der Waals surface area contributed by atoms with E-state index in [-0.39, 0.29) is 16.4 Å². The summed E-state index contributed by atoms with van der Waals surface area (Å²) in [5.74, 6) is -0.0544. The van der Waals surface area contributed by atoms with Crippen molar-refractivity contribution < 1.29 is 14.1 Å². The zero-order valence-corrected chi connectivity index (χ0v) is 18.9. The second-order valence-corrected chi connectivity index (χ2v) is 8.05. The molecule has 0 saturated carbocycles. The molecular weight excluding hydrogens is 440 g/mol.